The number of nitrogens with zero attached hydrogens (tertiary/aromatic N) is 1. The van der Waals surface area contributed by atoms with Gasteiger partial charge in [-0.3, -0.25) is 4.79 Å². The maximum Gasteiger partial charge on any atom is 0.227 e. The number of hydrogen-bond donors (Lipinski definition) is 2. The normalized spacial score (nSPS) is 17.9. The van der Waals surface area contributed by atoms with Gasteiger partial charge in [0.15, 0.2) is 5.13 Å². The van der Waals surface area contributed by atoms with E-state index < -0.39 is 0 Å². The number of hydrogen-bond acceptors (Lipinski definition) is 5. The van der Waals surface area contributed by atoms with E-state index in [2.05, 4.69) is 47.7 Å². The lowest BCUT2D eigenvalue weighted by atomic mass is 10.0. The van der Waals surface area contributed by atoms with Gasteiger partial charge in [-0.05, 0) is 19.4 Å². The highest BCUT2D eigenvalue weighted by Gasteiger charge is 2.17. The lowest BCUT2D eigenvalue weighted by molar-refractivity contribution is -0.116. The van der Waals surface area contributed by atoms with Crippen LogP contribution in [0.2, 0.25) is 0 Å². The molecule has 2 heterocycles. The van der Waals surface area contributed by atoms with E-state index in [0.29, 0.717) is 11.6 Å². The molecule has 1 saturated heterocycles. The van der Waals surface area contributed by atoms with Gasteiger partial charge in [0.2, 0.25) is 5.91 Å². The van der Waals surface area contributed by atoms with Gasteiger partial charge in [0.1, 0.15) is 0 Å². The van der Waals surface area contributed by atoms with Gasteiger partial charge in [-0.2, -0.15) is 11.8 Å². The van der Waals surface area contributed by atoms with Crippen molar-refractivity contribution < 1.29 is 4.79 Å². The van der Waals surface area contributed by atoms with E-state index in [0.717, 1.165) is 29.3 Å². The van der Waals surface area contributed by atoms with Gasteiger partial charge in [-0.15, -0.1) is 11.3 Å². The standard InChI is InChI=1S/C17H21N3OS2/c1-11-3-4-14(12(2)7-11)15-10-23-17(19-15)20-16(21)8-13-9-22-6-5-18-13/h3-4,7,10,13,18H,5-6,8-9H2,1-2H3,(H,19,20,21). The minimum Gasteiger partial charge on any atom is -0.312 e. The van der Waals surface area contributed by atoms with E-state index in [1.54, 1.807) is 0 Å². The number of thiazole rings is 1. The molecule has 1 aliphatic heterocycles. The fourth-order valence-electron chi connectivity index (χ4n) is 2.70. The van der Waals surface area contributed by atoms with Crippen molar-refractivity contribution in [1.82, 2.24) is 10.3 Å². The lowest BCUT2D eigenvalue weighted by Crippen LogP contribution is -2.39. The second kappa shape index (κ2) is 7.47. The number of aryl methyl sites for hydroxylation is 2. The summed E-state index contributed by atoms with van der Waals surface area (Å²) in [7, 11) is 0. The molecule has 0 aliphatic carbocycles. The first-order valence-electron chi connectivity index (χ1n) is 7.76. The molecule has 6 heteroatoms. The zero-order chi connectivity index (χ0) is 16.2. The van der Waals surface area contributed by atoms with Crippen molar-refractivity contribution in [3.63, 3.8) is 0 Å². The van der Waals surface area contributed by atoms with Crippen LogP contribution < -0.4 is 10.6 Å². The minimum atomic E-state index is 0.0338. The maximum atomic E-state index is 12.1. The van der Waals surface area contributed by atoms with Gasteiger partial charge < -0.3 is 10.6 Å². The Hall–Kier alpha value is -1.37. The molecule has 0 radical (unpaired) electrons. The number of carbonyl (C=O) groups excluding carboxylic acids is 1. The molecule has 1 atom stereocenters. The Morgan fingerprint density at radius 1 is 1.43 bits per heavy atom. The zero-order valence-electron chi connectivity index (χ0n) is 13.4. The number of carbonyl (C=O) groups is 1. The summed E-state index contributed by atoms with van der Waals surface area (Å²) >= 11 is 3.38. The third kappa shape index (κ3) is 4.34. The number of benzene rings is 1. The molecule has 2 N–H and O–H groups in total. The summed E-state index contributed by atoms with van der Waals surface area (Å²) in [6.45, 7) is 5.16. The SMILES string of the molecule is Cc1ccc(-c2csc(NC(=O)CC3CSCCN3)n2)c(C)c1. The van der Waals surface area contributed by atoms with Crippen molar-refractivity contribution in [3.05, 3.63) is 34.7 Å². The van der Waals surface area contributed by atoms with Crippen LogP contribution in [0, 0.1) is 13.8 Å². The number of amides is 1. The molecule has 2 aromatic rings. The summed E-state index contributed by atoms with van der Waals surface area (Å²) in [5, 5.41) is 8.99. The zero-order valence-corrected chi connectivity index (χ0v) is 15.0. The summed E-state index contributed by atoms with van der Waals surface area (Å²) < 4.78 is 0. The predicted octanol–water partition coefficient (Wildman–Crippen LogP) is 3.46. The van der Waals surface area contributed by atoms with Crippen LogP contribution in [-0.2, 0) is 4.79 Å². The number of rotatable bonds is 4. The first-order chi connectivity index (χ1) is 11.1. The topological polar surface area (TPSA) is 54.0 Å². The van der Waals surface area contributed by atoms with E-state index in [4.69, 9.17) is 0 Å². The van der Waals surface area contributed by atoms with Crippen molar-refractivity contribution in [1.29, 1.82) is 0 Å². The molecule has 1 amide bonds. The molecular formula is C17H21N3OS2. The van der Waals surface area contributed by atoms with Gasteiger partial charge >= 0.3 is 0 Å². The second-order valence-corrected chi connectivity index (χ2v) is 7.84. The highest BCUT2D eigenvalue weighted by molar-refractivity contribution is 7.99. The average molecular weight is 348 g/mol. The molecular weight excluding hydrogens is 326 g/mol. The van der Waals surface area contributed by atoms with Crippen LogP contribution in [0.4, 0.5) is 5.13 Å². The van der Waals surface area contributed by atoms with Gasteiger partial charge in [0.25, 0.3) is 0 Å². The Kier molecular flexibility index (Phi) is 5.35. The number of nitrogens with one attached hydrogen (secondary N) is 2. The van der Waals surface area contributed by atoms with E-state index in [1.165, 1.54) is 22.5 Å². The average Bonchev–Trinajstić information content (AvgIpc) is 2.96. The summed E-state index contributed by atoms with van der Waals surface area (Å²) in [6, 6.07) is 6.60. The minimum absolute atomic E-state index is 0.0338. The van der Waals surface area contributed by atoms with Gasteiger partial charge in [-0.1, -0.05) is 23.8 Å². The second-order valence-electron chi connectivity index (χ2n) is 5.83. The molecule has 1 fully saturated rings. The molecule has 1 aromatic carbocycles. The molecule has 1 unspecified atom stereocenters. The molecule has 3 rings (SSSR count). The highest BCUT2D eigenvalue weighted by atomic mass is 32.2. The quantitative estimate of drug-likeness (QED) is 0.889. The van der Waals surface area contributed by atoms with Crippen LogP contribution in [0.25, 0.3) is 11.3 Å². The first kappa shape index (κ1) is 16.5. The number of aromatic nitrogens is 1. The van der Waals surface area contributed by atoms with Gasteiger partial charge in [0.05, 0.1) is 5.69 Å². The molecule has 0 spiro atoms. The Labute approximate surface area is 145 Å². The largest absolute Gasteiger partial charge is 0.312 e. The van der Waals surface area contributed by atoms with Crippen molar-refractivity contribution in [2.45, 2.75) is 26.3 Å². The maximum absolute atomic E-state index is 12.1. The summed E-state index contributed by atoms with van der Waals surface area (Å²) in [6.07, 6.45) is 0.505. The number of anilines is 1. The summed E-state index contributed by atoms with van der Waals surface area (Å²) in [5.74, 6) is 2.16. The molecule has 4 nitrogen and oxygen atoms in total. The Morgan fingerprint density at radius 2 is 2.30 bits per heavy atom. The fourth-order valence-corrected chi connectivity index (χ4v) is 4.38. The van der Waals surface area contributed by atoms with Crippen molar-refractivity contribution in [2.24, 2.45) is 0 Å². The summed E-state index contributed by atoms with van der Waals surface area (Å²) in [5.41, 5.74) is 4.50. The van der Waals surface area contributed by atoms with Gasteiger partial charge in [0, 0.05) is 41.5 Å². The molecule has 0 bridgehead atoms. The van der Waals surface area contributed by atoms with E-state index in [-0.39, 0.29) is 11.9 Å². The monoisotopic (exact) mass is 347 g/mol. The van der Waals surface area contributed by atoms with Gasteiger partial charge in [-0.25, -0.2) is 4.98 Å². The molecule has 122 valence electrons. The van der Waals surface area contributed by atoms with E-state index in [1.807, 2.05) is 17.1 Å². The first-order valence-corrected chi connectivity index (χ1v) is 9.79. The Bertz CT molecular complexity index is 693. The molecule has 1 aliphatic rings. The molecule has 23 heavy (non-hydrogen) atoms. The van der Waals surface area contributed by atoms with Crippen molar-refractivity contribution in [3.8, 4) is 11.3 Å². The van der Waals surface area contributed by atoms with Crippen LogP contribution in [0.1, 0.15) is 17.5 Å². The highest BCUT2D eigenvalue weighted by Crippen LogP contribution is 2.28. The smallest absolute Gasteiger partial charge is 0.227 e. The van der Waals surface area contributed by atoms with Crippen LogP contribution in [-0.4, -0.2) is 35.0 Å². The van der Waals surface area contributed by atoms with Crippen molar-refractivity contribution in [2.75, 3.05) is 23.4 Å². The Balaban J connectivity index is 1.63. The van der Waals surface area contributed by atoms with Crippen LogP contribution >= 0.6 is 23.1 Å². The van der Waals surface area contributed by atoms with Crippen molar-refractivity contribution >= 4 is 34.1 Å². The van der Waals surface area contributed by atoms with Crippen LogP contribution in [0.5, 0.6) is 0 Å². The third-order valence-electron chi connectivity index (χ3n) is 3.84. The fraction of sp³-hybridized carbons (Fsp3) is 0.412. The molecule has 0 saturated carbocycles. The lowest BCUT2D eigenvalue weighted by Gasteiger charge is -2.22. The van der Waals surface area contributed by atoms with Crippen LogP contribution in [0.3, 0.4) is 0 Å². The van der Waals surface area contributed by atoms with E-state index >= 15 is 0 Å². The molecule has 1 aromatic heterocycles. The van der Waals surface area contributed by atoms with E-state index in [9.17, 15) is 4.79 Å². The Morgan fingerprint density at radius 3 is 3.04 bits per heavy atom. The van der Waals surface area contributed by atoms with Crippen LogP contribution in [0.15, 0.2) is 23.6 Å². The third-order valence-corrected chi connectivity index (χ3v) is 5.73. The number of thioether (sulfide) groups is 1. The summed E-state index contributed by atoms with van der Waals surface area (Å²) in [4.78, 5) is 16.7. The predicted molar refractivity (Wildman–Crippen MR) is 99.4 cm³/mol.